The van der Waals surface area contributed by atoms with Gasteiger partial charge in [0.15, 0.2) is 5.96 Å². The topological polar surface area (TPSA) is 87.6 Å². The summed E-state index contributed by atoms with van der Waals surface area (Å²) in [5.74, 6) is 1.18. The third-order valence-electron chi connectivity index (χ3n) is 2.99. The number of halogens is 1. The lowest BCUT2D eigenvalue weighted by atomic mass is 10.3. The molecule has 25 heavy (non-hydrogen) atoms. The summed E-state index contributed by atoms with van der Waals surface area (Å²) in [5.41, 5.74) is 0.656. The van der Waals surface area contributed by atoms with E-state index in [0.29, 0.717) is 24.8 Å². The predicted octanol–water partition coefficient (Wildman–Crippen LogP) is 1.88. The number of aliphatic imine (C=N–C) groups is 1. The van der Waals surface area contributed by atoms with E-state index in [1.165, 1.54) is 0 Å². The van der Waals surface area contributed by atoms with E-state index in [9.17, 15) is 4.79 Å². The van der Waals surface area contributed by atoms with Crippen LogP contribution in [0.1, 0.15) is 0 Å². The fraction of sp³-hybridized carbons (Fsp3) is 0.235. The predicted molar refractivity (Wildman–Crippen MR) is 110 cm³/mol. The summed E-state index contributed by atoms with van der Waals surface area (Å²) < 4.78 is 5.57. The number of hydrogen-bond acceptors (Lipinski definition) is 4. The van der Waals surface area contributed by atoms with Gasteiger partial charge < -0.3 is 20.7 Å². The van der Waals surface area contributed by atoms with Crippen LogP contribution in [0.2, 0.25) is 0 Å². The average molecular weight is 455 g/mol. The summed E-state index contributed by atoms with van der Waals surface area (Å²) in [6.07, 6.45) is 3.24. The highest BCUT2D eigenvalue weighted by atomic mass is 127. The quantitative estimate of drug-likeness (QED) is 0.257. The van der Waals surface area contributed by atoms with Gasteiger partial charge in [0.1, 0.15) is 12.4 Å². The molecule has 0 fully saturated rings. The minimum atomic E-state index is -0.175. The molecule has 134 valence electrons. The van der Waals surface area contributed by atoms with Crippen molar-refractivity contribution in [3.63, 3.8) is 0 Å². The van der Waals surface area contributed by atoms with Gasteiger partial charge in [-0.15, -0.1) is 24.0 Å². The zero-order chi connectivity index (χ0) is 17.0. The van der Waals surface area contributed by atoms with Crippen LogP contribution in [0.25, 0.3) is 0 Å². The summed E-state index contributed by atoms with van der Waals surface area (Å²) in [6, 6.07) is 13.1. The first-order chi connectivity index (χ1) is 11.8. The van der Waals surface area contributed by atoms with E-state index in [2.05, 4.69) is 25.9 Å². The maximum atomic E-state index is 11.8. The summed E-state index contributed by atoms with van der Waals surface area (Å²) in [7, 11) is 1.65. The van der Waals surface area contributed by atoms with E-state index in [0.717, 1.165) is 5.75 Å². The number of anilines is 1. The van der Waals surface area contributed by atoms with E-state index in [1.54, 1.807) is 31.6 Å². The molecule has 0 saturated carbocycles. The summed E-state index contributed by atoms with van der Waals surface area (Å²) >= 11 is 0. The highest BCUT2D eigenvalue weighted by Gasteiger charge is 2.04. The third kappa shape index (κ3) is 8.34. The molecule has 1 aromatic carbocycles. The van der Waals surface area contributed by atoms with Crippen molar-refractivity contribution in [1.29, 1.82) is 0 Å². The van der Waals surface area contributed by atoms with Crippen LogP contribution in [0.3, 0.4) is 0 Å². The van der Waals surface area contributed by atoms with Crippen LogP contribution in [0.5, 0.6) is 5.75 Å². The molecule has 7 nitrogen and oxygen atoms in total. The van der Waals surface area contributed by atoms with Gasteiger partial charge in [-0.05, 0) is 24.3 Å². The fourth-order valence-corrected chi connectivity index (χ4v) is 1.88. The van der Waals surface area contributed by atoms with E-state index in [1.807, 2.05) is 30.3 Å². The van der Waals surface area contributed by atoms with Crippen LogP contribution in [0.4, 0.5) is 5.69 Å². The number of ether oxygens (including phenoxy) is 1. The van der Waals surface area contributed by atoms with Crippen molar-refractivity contribution in [3.8, 4) is 5.75 Å². The summed E-state index contributed by atoms with van der Waals surface area (Å²) in [6.45, 7) is 1.17. The van der Waals surface area contributed by atoms with Gasteiger partial charge in [-0.2, -0.15) is 0 Å². The molecule has 3 N–H and O–H groups in total. The Hall–Kier alpha value is -2.36. The van der Waals surface area contributed by atoms with Gasteiger partial charge in [-0.25, -0.2) is 0 Å². The molecule has 1 aromatic heterocycles. The molecule has 1 heterocycles. The van der Waals surface area contributed by atoms with E-state index < -0.39 is 0 Å². The number of aromatic nitrogens is 1. The molecule has 0 aliphatic carbocycles. The van der Waals surface area contributed by atoms with Gasteiger partial charge in [0.25, 0.3) is 0 Å². The normalized spacial score (nSPS) is 10.4. The van der Waals surface area contributed by atoms with Crippen LogP contribution in [-0.4, -0.2) is 43.6 Å². The maximum Gasteiger partial charge on any atom is 0.243 e. The second kappa shape index (κ2) is 12.1. The molecule has 0 unspecified atom stereocenters. The van der Waals surface area contributed by atoms with Gasteiger partial charge in [0, 0.05) is 13.2 Å². The Bertz CT molecular complexity index is 653. The lowest BCUT2D eigenvalue weighted by Gasteiger charge is -2.12. The highest BCUT2D eigenvalue weighted by Crippen LogP contribution is 2.07. The van der Waals surface area contributed by atoms with E-state index in [4.69, 9.17) is 4.74 Å². The fourth-order valence-electron chi connectivity index (χ4n) is 1.88. The lowest BCUT2D eigenvalue weighted by Crippen LogP contribution is -2.42. The van der Waals surface area contributed by atoms with Crippen LogP contribution < -0.4 is 20.7 Å². The van der Waals surface area contributed by atoms with Crippen molar-refractivity contribution in [2.75, 3.05) is 32.1 Å². The first kappa shape index (κ1) is 20.7. The third-order valence-corrected chi connectivity index (χ3v) is 2.99. The van der Waals surface area contributed by atoms with E-state index in [-0.39, 0.29) is 36.4 Å². The molecule has 0 saturated heterocycles. The number of para-hydroxylation sites is 1. The second-order valence-corrected chi connectivity index (χ2v) is 4.80. The number of amides is 1. The Morgan fingerprint density at radius 1 is 1.16 bits per heavy atom. The standard InChI is InChI=1S/C17H21N5O2.HI/c1-18-17(20-10-11-24-15-7-3-2-4-8-15)21-13-16(23)22-14-6-5-9-19-12-14;/h2-9,12H,10-11,13H2,1H3,(H,22,23)(H2,18,20,21);1H. The molecule has 8 heteroatoms. The monoisotopic (exact) mass is 455 g/mol. The van der Waals surface area contributed by atoms with Gasteiger partial charge in [0.2, 0.25) is 5.91 Å². The number of hydrogen-bond donors (Lipinski definition) is 3. The average Bonchev–Trinajstić information content (AvgIpc) is 2.63. The van der Waals surface area contributed by atoms with Crippen molar-refractivity contribution < 1.29 is 9.53 Å². The van der Waals surface area contributed by atoms with Crippen molar-refractivity contribution in [1.82, 2.24) is 15.6 Å². The molecular weight excluding hydrogens is 433 g/mol. The first-order valence-electron chi connectivity index (χ1n) is 7.60. The Kier molecular flexibility index (Phi) is 9.98. The minimum Gasteiger partial charge on any atom is -0.492 e. The molecular formula is C17H22IN5O2. The number of nitrogens with zero attached hydrogens (tertiary/aromatic N) is 2. The molecule has 0 radical (unpaired) electrons. The zero-order valence-electron chi connectivity index (χ0n) is 13.9. The number of pyridine rings is 1. The summed E-state index contributed by atoms with van der Waals surface area (Å²) in [4.78, 5) is 19.8. The van der Waals surface area contributed by atoms with Crippen LogP contribution in [0.15, 0.2) is 59.9 Å². The van der Waals surface area contributed by atoms with Gasteiger partial charge in [-0.1, -0.05) is 18.2 Å². The molecule has 0 spiro atoms. The van der Waals surface area contributed by atoms with Crippen molar-refractivity contribution in [3.05, 3.63) is 54.9 Å². The van der Waals surface area contributed by atoms with Crippen molar-refractivity contribution in [2.45, 2.75) is 0 Å². The lowest BCUT2D eigenvalue weighted by molar-refractivity contribution is -0.115. The molecule has 2 rings (SSSR count). The van der Waals surface area contributed by atoms with Crippen molar-refractivity contribution >= 4 is 41.5 Å². The number of benzene rings is 1. The van der Waals surface area contributed by atoms with Gasteiger partial charge >= 0.3 is 0 Å². The van der Waals surface area contributed by atoms with Crippen molar-refractivity contribution in [2.24, 2.45) is 4.99 Å². The maximum absolute atomic E-state index is 11.8. The Balaban J connectivity index is 0.00000312. The number of carbonyl (C=O) groups excluding carboxylic acids is 1. The molecule has 0 aliphatic heterocycles. The number of carbonyl (C=O) groups is 1. The number of nitrogens with one attached hydrogen (secondary N) is 3. The first-order valence-corrected chi connectivity index (χ1v) is 7.60. The highest BCUT2D eigenvalue weighted by molar-refractivity contribution is 14.0. The smallest absolute Gasteiger partial charge is 0.243 e. The number of guanidine groups is 1. The Morgan fingerprint density at radius 2 is 1.96 bits per heavy atom. The Morgan fingerprint density at radius 3 is 2.64 bits per heavy atom. The van der Waals surface area contributed by atoms with Crippen LogP contribution in [0, 0.1) is 0 Å². The molecule has 1 amide bonds. The van der Waals surface area contributed by atoms with Crippen LogP contribution >= 0.6 is 24.0 Å². The number of rotatable bonds is 7. The van der Waals surface area contributed by atoms with Crippen LogP contribution in [-0.2, 0) is 4.79 Å². The van der Waals surface area contributed by atoms with Gasteiger partial charge in [0.05, 0.1) is 25.0 Å². The van der Waals surface area contributed by atoms with E-state index >= 15 is 0 Å². The zero-order valence-corrected chi connectivity index (χ0v) is 16.3. The minimum absolute atomic E-state index is 0. The second-order valence-electron chi connectivity index (χ2n) is 4.80. The molecule has 0 aliphatic rings. The molecule has 2 aromatic rings. The van der Waals surface area contributed by atoms with Gasteiger partial charge in [-0.3, -0.25) is 14.8 Å². The SMILES string of the molecule is CN=C(NCCOc1ccccc1)NCC(=O)Nc1cccnc1.I. The molecule has 0 bridgehead atoms. The molecule has 0 atom stereocenters. The largest absolute Gasteiger partial charge is 0.492 e. The Labute approximate surface area is 164 Å². The summed E-state index contributed by atoms with van der Waals surface area (Å²) in [5, 5.41) is 8.76.